The van der Waals surface area contributed by atoms with Crippen molar-refractivity contribution in [2.24, 2.45) is 10.7 Å². The van der Waals surface area contributed by atoms with Gasteiger partial charge in [-0.05, 0) is 30.4 Å². The average molecular weight is 428 g/mol. The van der Waals surface area contributed by atoms with E-state index in [0.717, 1.165) is 25.1 Å². The molecule has 1 saturated heterocycles. The number of benzene rings is 1. The first kappa shape index (κ1) is 18.0. The summed E-state index contributed by atoms with van der Waals surface area (Å²) in [6.45, 7) is 2.20. The van der Waals surface area contributed by atoms with Crippen molar-refractivity contribution in [2.45, 2.75) is 44.8 Å². The molecule has 1 heterocycles. The zero-order chi connectivity index (χ0) is 15.5. The Morgan fingerprint density at radius 1 is 1.30 bits per heavy atom. The van der Waals surface area contributed by atoms with Crippen LogP contribution in [0.4, 0.5) is 0 Å². The molecule has 6 heteroatoms. The number of carbonyl (C=O) groups is 1. The molecule has 2 aliphatic rings. The number of amides is 1. The Morgan fingerprint density at radius 2 is 1.96 bits per heavy atom. The molecule has 126 valence electrons. The van der Waals surface area contributed by atoms with Gasteiger partial charge in [-0.1, -0.05) is 24.3 Å². The van der Waals surface area contributed by atoms with E-state index < -0.39 is 0 Å². The number of aliphatic imine (C=N–C) groups is 1. The van der Waals surface area contributed by atoms with E-state index in [9.17, 15) is 4.79 Å². The highest BCUT2D eigenvalue weighted by atomic mass is 127. The van der Waals surface area contributed by atoms with Gasteiger partial charge >= 0.3 is 0 Å². The van der Waals surface area contributed by atoms with Gasteiger partial charge in [-0.15, -0.1) is 24.0 Å². The quantitative estimate of drug-likeness (QED) is 0.445. The molecule has 3 rings (SSSR count). The van der Waals surface area contributed by atoms with Gasteiger partial charge in [-0.2, -0.15) is 0 Å². The fourth-order valence-electron chi connectivity index (χ4n) is 2.77. The minimum absolute atomic E-state index is 0. The first-order chi connectivity index (χ1) is 10.6. The summed E-state index contributed by atoms with van der Waals surface area (Å²) < 4.78 is 0. The van der Waals surface area contributed by atoms with E-state index in [0.29, 0.717) is 25.0 Å². The normalized spacial score (nSPS) is 18.0. The number of hydrogen-bond donors (Lipinski definition) is 1. The van der Waals surface area contributed by atoms with Gasteiger partial charge in [0, 0.05) is 32.6 Å². The third kappa shape index (κ3) is 4.83. The lowest BCUT2D eigenvalue weighted by Crippen LogP contribution is -2.35. The molecule has 0 aromatic heterocycles. The molecular weight excluding hydrogens is 403 g/mol. The van der Waals surface area contributed by atoms with Gasteiger partial charge in [0.25, 0.3) is 0 Å². The van der Waals surface area contributed by atoms with Gasteiger partial charge in [0.05, 0.1) is 6.54 Å². The van der Waals surface area contributed by atoms with Crippen LogP contribution in [0.25, 0.3) is 0 Å². The lowest BCUT2D eigenvalue weighted by Gasteiger charge is -2.17. The molecule has 2 fully saturated rings. The summed E-state index contributed by atoms with van der Waals surface area (Å²) in [5.74, 6) is 0.888. The molecule has 1 saturated carbocycles. The van der Waals surface area contributed by atoms with Crippen LogP contribution in [0.1, 0.15) is 36.8 Å². The maximum absolute atomic E-state index is 11.6. The fraction of sp³-hybridized carbons (Fsp3) is 0.529. The van der Waals surface area contributed by atoms with E-state index in [1.165, 1.54) is 18.4 Å². The number of nitrogens with two attached hydrogens (primary N) is 1. The zero-order valence-electron chi connectivity index (χ0n) is 13.6. The zero-order valence-corrected chi connectivity index (χ0v) is 15.9. The summed E-state index contributed by atoms with van der Waals surface area (Å²) in [5, 5.41) is 0. The number of carbonyl (C=O) groups excluding carboxylic acids is 1. The van der Waals surface area contributed by atoms with Crippen molar-refractivity contribution >= 4 is 35.8 Å². The number of nitrogens with zero attached hydrogens (tertiary/aromatic N) is 3. The first-order valence-corrected chi connectivity index (χ1v) is 8.02. The number of guanidine groups is 1. The topological polar surface area (TPSA) is 61.9 Å². The van der Waals surface area contributed by atoms with Crippen molar-refractivity contribution in [3.05, 3.63) is 35.4 Å². The molecular formula is C17H25IN4O. The van der Waals surface area contributed by atoms with Gasteiger partial charge < -0.3 is 15.5 Å². The van der Waals surface area contributed by atoms with Crippen LogP contribution >= 0.6 is 24.0 Å². The van der Waals surface area contributed by atoms with Gasteiger partial charge in [-0.25, -0.2) is 4.99 Å². The molecule has 1 aromatic rings. The largest absolute Gasteiger partial charge is 0.370 e. The second kappa shape index (κ2) is 7.99. The summed E-state index contributed by atoms with van der Waals surface area (Å²) in [6.07, 6.45) is 4.12. The highest BCUT2D eigenvalue weighted by Gasteiger charge is 2.27. The Morgan fingerprint density at radius 3 is 2.52 bits per heavy atom. The number of rotatable bonds is 5. The number of hydrogen-bond acceptors (Lipinski definition) is 2. The molecule has 0 atom stereocenters. The Labute approximate surface area is 154 Å². The maximum Gasteiger partial charge on any atom is 0.222 e. The summed E-state index contributed by atoms with van der Waals surface area (Å²) in [6, 6.07) is 8.89. The lowest BCUT2D eigenvalue weighted by atomic mass is 10.1. The van der Waals surface area contributed by atoms with E-state index in [4.69, 9.17) is 5.73 Å². The van der Waals surface area contributed by atoms with E-state index in [-0.39, 0.29) is 29.9 Å². The van der Waals surface area contributed by atoms with Crippen molar-refractivity contribution in [3.63, 3.8) is 0 Å². The molecule has 1 aliphatic carbocycles. The standard InChI is InChI=1S/C17H24N4O.HI/c1-20(15-8-9-15)17(18)19-11-13-4-6-14(7-5-13)12-21-10-2-3-16(21)22;/h4-7,15H,2-3,8-12H2,1H3,(H2,18,19);1H. The van der Waals surface area contributed by atoms with Crippen LogP contribution in [0.5, 0.6) is 0 Å². The first-order valence-electron chi connectivity index (χ1n) is 8.02. The lowest BCUT2D eigenvalue weighted by molar-refractivity contribution is -0.128. The van der Waals surface area contributed by atoms with Crippen LogP contribution in [0.15, 0.2) is 29.3 Å². The van der Waals surface area contributed by atoms with Crippen molar-refractivity contribution in [1.29, 1.82) is 0 Å². The van der Waals surface area contributed by atoms with E-state index in [1.54, 1.807) is 0 Å². The fourth-order valence-corrected chi connectivity index (χ4v) is 2.77. The summed E-state index contributed by atoms with van der Waals surface area (Å²) in [4.78, 5) is 20.1. The smallest absolute Gasteiger partial charge is 0.222 e. The second-order valence-corrected chi connectivity index (χ2v) is 6.25. The maximum atomic E-state index is 11.6. The van der Waals surface area contributed by atoms with Crippen LogP contribution in [0, 0.1) is 0 Å². The molecule has 5 nitrogen and oxygen atoms in total. The highest BCUT2D eigenvalue weighted by Crippen LogP contribution is 2.25. The van der Waals surface area contributed by atoms with Gasteiger partial charge in [0.1, 0.15) is 0 Å². The molecule has 1 amide bonds. The Balaban J connectivity index is 0.00000192. The molecule has 1 aliphatic heterocycles. The van der Waals surface area contributed by atoms with E-state index in [2.05, 4.69) is 34.2 Å². The molecule has 0 bridgehead atoms. The molecule has 0 unspecified atom stereocenters. The summed E-state index contributed by atoms with van der Waals surface area (Å²) >= 11 is 0. The monoisotopic (exact) mass is 428 g/mol. The van der Waals surface area contributed by atoms with Gasteiger partial charge in [-0.3, -0.25) is 4.79 Å². The third-order valence-corrected chi connectivity index (χ3v) is 4.45. The van der Waals surface area contributed by atoms with Gasteiger partial charge in [0.15, 0.2) is 5.96 Å². The highest BCUT2D eigenvalue weighted by molar-refractivity contribution is 14.0. The average Bonchev–Trinajstić information content (AvgIpc) is 3.30. The van der Waals surface area contributed by atoms with Crippen LogP contribution in [-0.4, -0.2) is 41.3 Å². The van der Waals surface area contributed by atoms with Crippen molar-refractivity contribution < 1.29 is 4.79 Å². The molecule has 0 spiro atoms. The minimum Gasteiger partial charge on any atom is -0.370 e. The minimum atomic E-state index is 0. The molecule has 0 radical (unpaired) electrons. The van der Waals surface area contributed by atoms with E-state index in [1.807, 2.05) is 11.9 Å². The van der Waals surface area contributed by atoms with Crippen LogP contribution in [0.3, 0.4) is 0 Å². The Kier molecular flexibility index (Phi) is 6.26. The van der Waals surface area contributed by atoms with Crippen LogP contribution < -0.4 is 5.73 Å². The number of likely N-dealkylation sites (tertiary alicyclic amines) is 1. The van der Waals surface area contributed by atoms with Crippen molar-refractivity contribution in [3.8, 4) is 0 Å². The predicted octanol–water partition coefficient (Wildman–Crippen LogP) is 2.34. The number of halogens is 1. The van der Waals surface area contributed by atoms with Crippen LogP contribution in [0.2, 0.25) is 0 Å². The molecule has 2 N–H and O–H groups in total. The second-order valence-electron chi connectivity index (χ2n) is 6.25. The van der Waals surface area contributed by atoms with Crippen LogP contribution in [-0.2, 0) is 17.9 Å². The van der Waals surface area contributed by atoms with Crippen molar-refractivity contribution in [2.75, 3.05) is 13.6 Å². The summed E-state index contributed by atoms with van der Waals surface area (Å²) in [7, 11) is 2.01. The predicted molar refractivity (Wildman–Crippen MR) is 103 cm³/mol. The Hall–Kier alpha value is -1.31. The van der Waals surface area contributed by atoms with Crippen molar-refractivity contribution in [1.82, 2.24) is 9.80 Å². The SMILES string of the molecule is CN(C(N)=NCc1ccc(CN2CCCC2=O)cc1)C1CC1.I. The van der Waals surface area contributed by atoms with Gasteiger partial charge in [0.2, 0.25) is 5.91 Å². The summed E-state index contributed by atoms with van der Waals surface area (Å²) in [5.41, 5.74) is 8.31. The van der Waals surface area contributed by atoms with E-state index >= 15 is 0 Å². The molecule has 1 aromatic carbocycles. The Bertz CT molecular complexity index is 568. The molecule has 23 heavy (non-hydrogen) atoms. The third-order valence-electron chi connectivity index (χ3n) is 4.45.